The Kier molecular flexibility index (Phi) is 4.23. The molecule has 1 aliphatic heterocycles. The summed E-state index contributed by atoms with van der Waals surface area (Å²) in [5, 5.41) is 0. The van der Waals surface area contributed by atoms with Crippen LogP contribution >= 0.6 is 0 Å². The molecule has 2 aromatic heterocycles. The number of fused-ring (bicyclic) bond motifs is 1. The van der Waals surface area contributed by atoms with E-state index < -0.39 is 12.0 Å². The summed E-state index contributed by atoms with van der Waals surface area (Å²) in [5.41, 5.74) is 14.8. The Hall–Kier alpha value is -3.75. The smallest absolute Gasteiger partial charge is 0.292 e. The molecule has 0 saturated carbocycles. The van der Waals surface area contributed by atoms with Crippen molar-refractivity contribution in [2.24, 2.45) is 5.73 Å². The van der Waals surface area contributed by atoms with E-state index in [1.165, 1.54) is 0 Å². The third-order valence-corrected chi connectivity index (χ3v) is 5.19. The number of rotatable bonds is 4. The first kappa shape index (κ1) is 18.3. The number of oxazole rings is 1. The molecule has 9 nitrogen and oxygen atoms in total. The Bertz CT molecular complexity index is 1280. The molecule has 0 aliphatic carbocycles. The second-order valence-electron chi connectivity index (χ2n) is 7.33. The van der Waals surface area contributed by atoms with Crippen LogP contribution in [0.4, 0.5) is 6.01 Å². The normalized spacial score (nSPS) is 14.8. The Morgan fingerprint density at radius 1 is 1.20 bits per heavy atom. The van der Waals surface area contributed by atoms with Crippen LogP contribution in [0.5, 0.6) is 11.5 Å². The van der Waals surface area contributed by atoms with Crippen molar-refractivity contribution in [3.8, 4) is 22.9 Å². The summed E-state index contributed by atoms with van der Waals surface area (Å²) in [6.07, 6.45) is 1.12. The molecule has 4 aromatic rings. The molecule has 5 rings (SSSR count). The van der Waals surface area contributed by atoms with E-state index in [1.807, 2.05) is 18.2 Å². The van der Waals surface area contributed by atoms with Gasteiger partial charge in [-0.3, -0.25) is 4.79 Å². The molecule has 3 heterocycles. The number of nitrogen functional groups attached to an aromatic ring is 1. The molecule has 154 valence electrons. The summed E-state index contributed by atoms with van der Waals surface area (Å²) < 4.78 is 19.2. The van der Waals surface area contributed by atoms with Crippen molar-refractivity contribution < 1.29 is 18.7 Å². The number of nitrogens with two attached hydrogens (primary N) is 2. The fraction of sp³-hybridized carbons (Fsp3) is 0.286. The number of carbonyl (C=O) groups is 1. The van der Waals surface area contributed by atoms with Gasteiger partial charge in [0, 0.05) is 24.2 Å². The number of hydrogen-bond acceptors (Lipinski definition) is 7. The van der Waals surface area contributed by atoms with Crippen molar-refractivity contribution in [1.82, 2.24) is 14.5 Å². The van der Waals surface area contributed by atoms with E-state index in [0.717, 1.165) is 41.8 Å². The Morgan fingerprint density at radius 2 is 2.07 bits per heavy atom. The number of primary amides is 1. The number of benzene rings is 2. The quantitative estimate of drug-likeness (QED) is 0.532. The second kappa shape index (κ2) is 6.94. The molecule has 4 N–H and O–H groups in total. The molecule has 1 aliphatic rings. The average Bonchev–Trinajstić information content (AvgIpc) is 3.24. The molecule has 2 aromatic carbocycles. The minimum Gasteiger partial charge on any atom is -0.491 e. The number of ether oxygens (including phenoxy) is 2. The lowest BCUT2D eigenvalue weighted by Gasteiger charge is -2.18. The molecular weight excluding hydrogens is 386 g/mol. The maximum absolute atomic E-state index is 11.4. The summed E-state index contributed by atoms with van der Waals surface area (Å²) in [7, 11) is 0. The lowest BCUT2D eigenvalue weighted by atomic mass is 10.2. The van der Waals surface area contributed by atoms with Crippen LogP contribution in [0, 0.1) is 0 Å². The summed E-state index contributed by atoms with van der Waals surface area (Å²) in [5.74, 6) is 1.41. The zero-order valence-corrected chi connectivity index (χ0v) is 16.4. The second-order valence-corrected chi connectivity index (χ2v) is 7.33. The van der Waals surface area contributed by atoms with E-state index in [-0.39, 0.29) is 6.01 Å². The van der Waals surface area contributed by atoms with Gasteiger partial charge in [-0.05, 0) is 38.0 Å². The SMILES string of the molecule is CC(Oc1cc2c3c(c1)nc(-c1ccc4oc(N)nc4c1)n3CCCCO2)C(N)=O. The van der Waals surface area contributed by atoms with E-state index >= 15 is 0 Å². The van der Waals surface area contributed by atoms with Crippen molar-refractivity contribution in [1.29, 1.82) is 0 Å². The number of nitrogens with zero attached hydrogens (tertiary/aromatic N) is 3. The minimum absolute atomic E-state index is 0.131. The van der Waals surface area contributed by atoms with Crippen LogP contribution < -0.4 is 20.9 Å². The van der Waals surface area contributed by atoms with Gasteiger partial charge in [-0.15, -0.1) is 0 Å². The lowest BCUT2D eigenvalue weighted by Crippen LogP contribution is -2.30. The Labute approximate surface area is 171 Å². The lowest BCUT2D eigenvalue weighted by molar-refractivity contribution is -0.123. The maximum Gasteiger partial charge on any atom is 0.292 e. The number of carbonyl (C=O) groups excluding carboxylic acids is 1. The number of anilines is 1. The maximum atomic E-state index is 11.4. The number of amides is 1. The van der Waals surface area contributed by atoms with Gasteiger partial charge in [0.15, 0.2) is 11.7 Å². The molecule has 0 spiro atoms. The third kappa shape index (κ3) is 3.08. The monoisotopic (exact) mass is 407 g/mol. The van der Waals surface area contributed by atoms with Crippen LogP contribution in [-0.2, 0) is 11.3 Å². The standard InChI is InChI=1S/C21H21N5O4/c1-11(19(22)27)29-13-9-15-18-17(10-13)28-7-3-2-6-26(18)20(24-15)12-4-5-16-14(8-12)25-21(23)30-16/h4-5,8-11H,2-3,6-7H2,1H3,(H2,22,27)(H2,23,25). The molecule has 0 saturated heterocycles. The van der Waals surface area contributed by atoms with E-state index in [9.17, 15) is 4.79 Å². The molecular formula is C21H21N5O4. The van der Waals surface area contributed by atoms with E-state index in [0.29, 0.717) is 29.2 Å². The van der Waals surface area contributed by atoms with Gasteiger partial charge in [0.1, 0.15) is 28.4 Å². The number of hydrogen-bond donors (Lipinski definition) is 2. The van der Waals surface area contributed by atoms with Crippen molar-refractivity contribution >= 4 is 34.1 Å². The Morgan fingerprint density at radius 3 is 2.90 bits per heavy atom. The van der Waals surface area contributed by atoms with E-state index in [4.69, 9.17) is 30.3 Å². The van der Waals surface area contributed by atoms with Gasteiger partial charge < -0.3 is 29.9 Å². The topological polar surface area (TPSA) is 131 Å². The summed E-state index contributed by atoms with van der Waals surface area (Å²) in [4.78, 5) is 20.5. The fourth-order valence-electron chi connectivity index (χ4n) is 3.72. The first-order valence-electron chi connectivity index (χ1n) is 9.79. The van der Waals surface area contributed by atoms with Gasteiger partial charge >= 0.3 is 0 Å². The van der Waals surface area contributed by atoms with E-state index in [1.54, 1.807) is 19.1 Å². The van der Waals surface area contributed by atoms with Crippen molar-refractivity contribution in [2.75, 3.05) is 12.3 Å². The van der Waals surface area contributed by atoms with Gasteiger partial charge in [-0.2, -0.15) is 4.98 Å². The molecule has 1 unspecified atom stereocenters. The number of aromatic nitrogens is 3. The van der Waals surface area contributed by atoms with Gasteiger partial charge in [0.05, 0.1) is 12.1 Å². The van der Waals surface area contributed by atoms with Crippen LogP contribution in [-0.4, -0.2) is 33.2 Å². The first-order valence-corrected chi connectivity index (χ1v) is 9.79. The highest BCUT2D eigenvalue weighted by molar-refractivity contribution is 5.89. The average molecular weight is 407 g/mol. The van der Waals surface area contributed by atoms with Crippen LogP contribution in [0.3, 0.4) is 0 Å². The third-order valence-electron chi connectivity index (χ3n) is 5.19. The number of imidazole rings is 1. The van der Waals surface area contributed by atoms with Crippen LogP contribution in [0.15, 0.2) is 34.7 Å². The van der Waals surface area contributed by atoms with E-state index in [2.05, 4.69) is 9.55 Å². The van der Waals surface area contributed by atoms with Crippen molar-refractivity contribution in [2.45, 2.75) is 32.4 Å². The summed E-state index contributed by atoms with van der Waals surface area (Å²) in [6, 6.07) is 9.40. The molecule has 9 heteroatoms. The minimum atomic E-state index is -0.759. The highest BCUT2D eigenvalue weighted by atomic mass is 16.5. The van der Waals surface area contributed by atoms with Crippen LogP contribution in [0.25, 0.3) is 33.5 Å². The highest BCUT2D eigenvalue weighted by Gasteiger charge is 2.21. The molecule has 1 amide bonds. The predicted octanol–water partition coefficient (Wildman–Crippen LogP) is 2.85. The zero-order chi connectivity index (χ0) is 20.8. The molecule has 0 bridgehead atoms. The number of aryl methyl sites for hydroxylation is 1. The zero-order valence-electron chi connectivity index (χ0n) is 16.4. The molecule has 30 heavy (non-hydrogen) atoms. The largest absolute Gasteiger partial charge is 0.491 e. The molecule has 0 fully saturated rings. The van der Waals surface area contributed by atoms with Gasteiger partial charge in [0.2, 0.25) is 0 Å². The van der Waals surface area contributed by atoms with Gasteiger partial charge in [-0.25, -0.2) is 4.98 Å². The fourth-order valence-corrected chi connectivity index (χ4v) is 3.72. The molecule has 1 atom stereocenters. The van der Waals surface area contributed by atoms with Crippen molar-refractivity contribution in [3.05, 3.63) is 30.3 Å². The summed E-state index contributed by atoms with van der Waals surface area (Å²) in [6.45, 7) is 3.02. The van der Waals surface area contributed by atoms with Crippen LogP contribution in [0.1, 0.15) is 19.8 Å². The highest BCUT2D eigenvalue weighted by Crippen LogP contribution is 2.37. The van der Waals surface area contributed by atoms with Gasteiger partial charge in [-0.1, -0.05) is 0 Å². The van der Waals surface area contributed by atoms with Crippen molar-refractivity contribution in [3.63, 3.8) is 0 Å². The predicted molar refractivity (Wildman–Crippen MR) is 111 cm³/mol. The first-order chi connectivity index (χ1) is 14.5. The van der Waals surface area contributed by atoms with Crippen LogP contribution in [0.2, 0.25) is 0 Å². The Balaban J connectivity index is 1.68. The molecule has 0 radical (unpaired) electrons. The summed E-state index contributed by atoms with van der Waals surface area (Å²) >= 11 is 0. The van der Waals surface area contributed by atoms with Gasteiger partial charge in [0.25, 0.3) is 11.9 Å².